The van der Waals surface area contributed by atoms with Crippen molar-refractivity contribution in [2.24, 2.45) is 0 Å². The minimum Gasteiger partial charge on any atom is -0.497 e. The fourth-order valence-electron chi connectivity index (χ4n) is 5.73. The lowest BCUT2D eigenvalue weighted by atomic mass is 9.68. The molecule has 0 radical (unpaired) electrons. The molecule has 0 N–H and O–H groups in total. The Morgan fingerprint density at radius 2 is 1.61 bits per heavy atom. The Hall–Kier alpha value is -2.53. The molecule has 1 saturated carbocycles. The topological polar surface area (TPSA) is 36.0 Å². The van der Waals surface area contributed by atoms with Crippen LogP contribution in [0.3, 0.4) is 0 Å². The first kappa shape index (κ1) is 21.7. The van der Waals surface area contributed by atoms with E-state index in [9.17, 15) is 4.79 Å². The maximum Gasteiger partial charge on any atom is 0.320 e. The van der Waals surface area contributed by atoms with Crippen molar-refractivity contribution in [3.8, 4) is 5.75 Å². The van der Waals surface area contributed by atoms with Crippen LogP contribution < -0.4 is 4.74 Å². The zero-order valence-corrected chi connectivity index (χ0v) is 19.3. The fraction of sp³-hybridized carbons (Fsp3) is 0.500. The van der Waals surface area contributed by atoms with Gasteiger partial charge in [0.2, 0.25) is 0 Å². The van der Waals surface area contributed by atoms with Gasteiger partial charge in [-0.2, -0.15) is 0 Å². The molecule has 1 aliphatic heterocycles. The predicted molar refractivity (Wildman–Crippen MR) is 124 cm³/mol. The molecule has 1 spiro atoms. The standard InChI is InChI=1S/C26H35N3O2/c1-5-29-24(30)28(19-21-11-13-23(31-4)14-12-21)20-25(29)15-17-26(18-16-25,27(2)3)22-9-7-6-8-10-22/h6-14H,5,15-20H2,1-4H3/t25-,26-. The monoisotopic (exact) mass is 421 g/mol. The Morgan fingerprint density at radius 3 is 2.16 bits per heavy atom. The molecule has 0 atom stereocenters. The summed E-state index contributed by atoms with van der Waals surface area (Å²) >= 11 is 0. The number of nitrogens with zero attached hydrogens (tertiary/aromatic N) is 3. The average molecular weight is 422 g/mol. The van der Waals surface area contributed by atoms with Gasteiger partial charge in [0.15, 0.2) is 0 Å². The molecule has 5 nitrogen and oxygen atoms in total. The number of hydrogen-bond donors (Lipinski definition) is 0. The average Bonchev–Trinajstić information content (AvgIpc) is 3.05. The van der Waals surface area contributed by atoms with E-state index >= 15 is 0 Å². The highest BCUT2D eigenvalue weighted by Gasteiger charge is 2.53. The van der Waals surface area contributed by atoms with Crippen LogP contribution in [-0.2, 0) is 12.1 Å². The second-order valence-electron chi connectivity index (χ2n) is 9.25. The second kappa shape index (κ2) is 8.54. The van der Waals surface area contributed by atoms with Crippen molar-refractivity contribution in [2.45, 2.75) is 50.2 Å². The number of methoxy groups -OCH3 is 1. The van der Waals surface area contributed by atoms with Gasteiger partial charge in [-0.15, -0.1) is 0 Å². The molecule has 1 heterocycles. The van der Waals surface area contributed by atoms with Gasteiger partial charge in [-0.25, -0.2) is 4.79 Å². The summed E-state index contributed by atoms with van der Waals surface area (Å²) in [6, 6.07) is 19.1. The lowest BCUT2D eigenvalue weighted by molar-refractivity contribution is 0.0261. The number of hydrogen-bond acceptors (Lipinski definition) is 3. The molecule has 2 aliphatic rings. The lowest BCUT2D eigenvalue weighted by Crippen LogP contribution is -2.55. The number of ether oxygens (including phenoxy) is 1. The smallest absolute Gasteiger partial charge is 0.320 e. The van der Waals surface area contributed by atoms with Gasteiger partial charge >= 0.3 is 6.03 Å². The van der Waals surface area contributed by atoms with E-state index in [1.165, 1.54) is 5.56 Å². The molecule has 0 bridgehead atoms. The lowest BCUT2D eigenvalue weighted by Gasteiger charge is -2.51. The fourth-order valence-corrected chi connectivity index (χ4v) is 5.73. The Balaban J connectivity index is 1.54. The molecular formula is C26H35N3O2. The molecule has 4 rings (SSSR count). The molecule has 1 aliphatic carbocycles. The van der Waals surface area contributed by atoms with Crippen molar-refractivity contribution in [2.75, 3.05) is 34.3 Å². The highest BCUT2D eigenvalue weighted by molar-refractivity contribution is 5.78. The molecule has 166 valence electrons. The van der Waals surface area contributed by atoms with Crippen LogP contribution in [0, 0.1) is 0 Å². The predicted octanol–water partition coefficient (Wildman–Crippen LogP) is 4.72. The summed E-state index contributed by atoms with van der Waals surface area (Å²) in [5.41, 5.74) is 2.51. The Bertz CT molecular complexity index is 887. The van der Waals surface area contributed by atoms with Gasteiger partial charge in [0, 0.05) is 25.2 Å². The van der Waals surface area contributed by atoms with Gasteiger partial charge in [-0.1, -0.05) is 42.5 Å². The van der Waals surface area contributed by atoms with Crippen molar-refractivity contribution in [3.63, 3.8) is 0 Å². The zero-order chi connectivity index (χ0) is 22.1. The first-order chi connectivity index (χ1) is 14.9. The Morgan fingerprint density at radius 1 is 0.968 bits per heavy atom. The minimum absolute atomic E-state index is 0.0401. The number of amides is 2. The molecule has 2 fully saturated rings. The minimum atomic E-state index is -0.0629. The van der Waals surface area contributed by atoms with Gasteiger partial charge < -0.3 is 14.5 Å². The molecule has 0 unspecified atom stereocenters. The van der Waals surface area contributed by atoms with Crippen molar-refractivity contribution >= 4 is 6.03 Å². The first-order valence-corrected chi connectivity index (χ1v) is 11.4. The SMILES string of the molecule is CCN1C(=O)N(Cc2ccc(OC)cc2)C[C@]12CC[C@@](c1ccccc1)(N(C)C)CC2. The Labute approximate surface area is 186 Å². The van der Waals surface area contributed by atoms with Crippen LogP contribution in [0.5, 0.6) is 5.75 Å². The van der Waals surface area contributed by atoms with Crippen LogP contribution in [0.15, 0.2) is 54.6 Å². The molecular weight excluding hydrogens is 386 g/mol. The van der Waals surface area contributed by atoms with E-state index in [1.807, 2.05) is 17.0 Å². The van der Waals surface area contributed by atoms with Crippen LogP contribution in [0.4, 0.5) is 4.79 Å². The molecule has 2 amide bonds. The molecule has 2 aromatic carbocycles. The summed E-state index contributed by atoms with van der Waals surface area (Å²) in [6.07, 6.45) is 4.17. The van der Waals surface area contributed by atoms with Crippen LogP contribution >= 0.6 is 0 Å². The van der Waals surface area contributed by atoms with Crippen LogP contribution in [0.2, 0.25) is 0 Å². The molecule has 31 heavy (non-hydrogen) atoms. The van der Waals surface area contributed by atoms with E-state index in [1.54, 1.807) is 7.11 Å². The molecule has 2 aromatic rings. The van der Waals surface area contributed by atoms with Gasteiger partial charge in [0.05, 0.1) is 12.6 Å². The normalized spacial score (nSPS) is 26.2. The summed E-state index contributed by atoms with van der Waals surface area (Å²) in [4.78, 5) is 19.9. The van der Waals surface area contributed by atoms with E-state index in [4.69, 9.17) is 4.74 Å². The number of likely N-dealkylation sites (N-methyl/N-ethyl adjacent to an activating group) is 1. The summed E-state index contributed by atoms with van der Waals surface area (Å²) in [7, 11) is 6.06. The Kier molecular flexibility index (Phi) is 5.98. The summed E-state index contributed by atoms with van der Waals surface area (Å²) in [5, 5.41) is 0. The number of urea groups is 1. The van der Waals surface area contributed by atoms with Crippen molar-refractivity contribution in [3.05, 3.63) is 65.7 Å². The zero-order valence-electron chi connectivity index (χ0n) is 19.3. The largest absolute Gasteiger partial charge is 0.497 e. The molecule has 0 aromatic heterocycles. The third-order valence-electron chi connectivity index (χ3n) is 7.58. The third-order valence-corrected chi connectivity index (χ3v) is 7.58. The third kappa shape index (κ3) is 3.80. The van der Waals surface area contributed by atoms with E-state index in [-0.39, 0.29) is 17.1 Å². The van der Waals surface area contributed by atoms with Crippen molar-refractivity contribution in [1.29, 1.82) is 0 Å². The highest BCUT2D eigenvalue weighted by atomic mass is 16.5. The van der Waals surface area contributed by atoms with E-state index in [2.05, 4.69) is 73.3 Å². The van der Waals surface area contributed by atoms with E-state index in [0.717, 1.165) is 50.1 Å². The van der Waals surface area contributed by atoms with Crippen molar-refractivity contribution in [1.82, 2.24) is 14.7 Å². The van der Waals surface area contributed by atoms with Gasteiger partial charge in [-0.05, 0) is 70.0 Å². The van der Waals surface area contributed by atoms with E-state index < -0.39 is 0 Å². The van der Waals surface area contributed by atoms with E-state index in [0.29, 0.717) is 6.54 Å². The second-order valence-corrected chi connectivity index (χ2v) is 9.25. The molecule has 5 heteroatoms. The van der Waals surface area contributed by atoms with Gasteiger partial charge in [0.1, 0.15) is 5.75 Å². The summed E-state index contributed by atoms with van der Waals surface area (Å²) in [5.74, 6) is 0.844. The first-order valence-electron chi connectivity index (χ1n) is 11.4. The van der Waals surface area contributed by atoms with Crippen LogP contribution in [0.25, 0.3) is 0 Å². The maximum absolute atomic E-state index is 13.3. The van der Waals surface area contributed by atoms with Crippen LogP contribution in [0.1, 0.15) is 43.7 Å². The maximum atomic E-state index is 13.3. The summed E-state index contributed by atoms with van der Waals surface area (Å²) in [6.45, 7) is 4.34. The quantitative estimate of drug-likeness (QED) is 0.677. The van der Waals surface area contributed by atoms with Crippen molar-refractivity contribution < 1.29 is 9.53 Å². The van der Waals surface area contributed by atoms with Crippen LogP contribution in [-0.4, -0.2) is 60.6 Å². The number of rotatable bonds is 6. The highest BCUT2D eigenvalue weighted by Crippen LogP contribution is 2.48. The number of benzene rings is 2. The number of carbonyl (C=O) groups is 1. The van der Waals surface area contributed by atoms with Gasteiger partial charge in [-0.3, -0.25) is 4.90 Å². The summed E-state index contributed by atoms with van der Waals surface area (Å²) < 4.78 is 5.27. The van der Waals surface area contributed by atoms with Gasteiger partial charge in [0.25, 0.3) is 0 Å². The number of carbonyl (C=O) groups excluding carboxylic acids is 1. The molecule has 1 saturated heterocycles.